The average molecular weight is 344 g/mol. The molecular formula is C15H13F5N4. The fourth-order valence-electron chi connectivity index (χ4n) is 2.55. The van der Waals surface area contributed by atoms with Gasteiger partial charge in [-0.2, -0.15) is 13.2 Å². The first kappa shape index (κ1) is 16.4. The van der Waals surface area contributed by atoms with Crippen LogP contribution in [-0.2, 0) is 6.18 Å². The van der Waals surface area contributed by atoms with E-state index in [1.807, 2.05) is 0 Å². The smallest absolute Gasteiger partial charge is 0.366 e. The predicted octanol–water partition coefficient (Wildman–Crippen LogP) is 3.10. The zero-order valence-corrected chi connectivity index (χ0v) is 12.4. The van der Waals surface area contributed by atoms with Gasteiger partial charge in [-0.25, -0.2) is 8.78 Å². The first-order valence-electron chi connectivity index (χ1n) is 7.20. The molecule has 1 aromatic heterocycles. The fourth-order valence-corrected chi connectivity index (χ4v) is 2.55. The molecule has 0 amide bonds. The minimum absolute atomic E-state index is 0.174. The van der Waals surface area contributed by atoms with Gasteiger partial charge in [0.25, 0.3) is 0 Å². The molecule has 4 nitrogen and oxygen atoms in total. The van der Waals surface area contributed by atoms with E-state index in [1.165, 1.54) is 6.07 Å². The van der Waals surface area contributed by atoms with Crippen molar-refractivity contribution >= 4 is 11.5 Å². The molecule has 128 valence electrons. The minimum atomic E-state index is -4.53. The lowest BCUT2D eigenvalue weighted by atomic mass is 10.2. The number of hydrogen-bond donors (Lipinski definition) is 0. The largest absolute Gasteiger partial charge is 0.435 e. The number of alkyl halides is 3. The Kier molecular flexibility index (Phi) is 4.25. The summed E-state index contributed by atoms with van der Waals surface area (Å²) >= 11 is 0. The van der Waals surface area contributed by atoms with Gasteiger partial charge in [-0.3, -0.25) is 0 Å². The standard InChI is InChI=1S/C15H13F5N4/c16-10-1-2-11(17)12(9-10)23-5-7-24(8-6-23)14-4-3-13(21-22-14)15(18,19)20/h1-4,9H,5-8H2. The zero-order chi connectivity index (χ0) is 17.3. The molecule has 0 saturated carbocycles. The third kappa shape index (κ3) is 3.39. The maximum absolute atomic E-state index is 13.8. The Morgan fingerprint density at radius 2 is 1.50 bits per heavy atom. The van der Waals surface area contributed by atoms with Crippen LogP contribution in [0.1, 0.15) is 5.69 Å². The van der Waals surface area contributed by atoms with Crippen LogP contribution in [0.4, 0.5) is 33.5 Å². The van der Waals surface area contributed by atoms with Crippen LogP contribution in [0.15, 0.2) is 30.3 Å². The van der Waals surface area contributed by atoms with E-state index in [-0.39, 0.29) is 5.69 Å². The minimum Gasteiger partial charge on any atom is -0.366 e. The van der Waals surface area contributed by atoms with Gasteiger partial charge in [0.15, 0.2) is 11.5 Å². The quantitative estimate of drug-likeness (QED) is 0.784. The molecule has 0 spiro atoms. The third-order valence-electron chi connectivity index (χ3n) is 3.79. The van der Waals surface area contributed by atoms with Crippen LogP contribution in [0.3, 0.4) is 0 Å². The predicted molar refractivity (Wildman–Crippen MR) is 77.8 cm³/mol. The summed E-state index contributed by atoms with van der Waals surface area (Å²) in [5.74, 6) is -0.719. The first-order chi connectivity index (χ1) is 11.3. The first-order valence-corrected chi connectivity index (χ1v) is 7.20. The van der Waals surface area contributed by atoms with Crippen molar-refractivity contribution in [3.05, 3.63) is 47.7 Å². The molecule has 24 heavy (non-hydrogen) atoms. The molecule has 9 heteroatoms. The number of benzene rings is 1. The fraction of sp³-hybridized carbons (Fsp3) is 0.333. The Balaban J connectivity index is 1.68. The number of halogens is 5. The van der Waals surface area contributed by atoms with Crippen LogP contribution in [0.2, 0.25) is 0 Å². The summed E-state index contributed by atoms with van der Waals surface area (Å²) in [6.07, 6.45) is -4.53. The van der Waals surface area contributed by atoms with Crippen LogP contribution in [0.5, 0.6) is 0 Å². The molecule has 0 aliphatic carbocycles. The monoisotopic (exact) mass is 344 g/mol. The van der Waals surface area contributed by atoms with Gasteiger partial charge in [0.2, 0.25) is 0 Å². The highest BCUT2D eigenvalue weighted by Gasteiger charge is 2.33. The zero-order valence-electron chi connectivity index (χ0n) is 12.4. The summed E-state index contributed by atoms with van der Waals surface area (Å²) in [4.78, 5) is 3.44. The Labute approximate surface area is 134 Å². The Morgan fingerprint density at radius 3 is 2.08 bits per heavy atom. The maximum Gasteiger partial charge on any atom is 0.435 e. The van der Waals surface area contributed by atoms with Gasteiger partial charge in [-0.05, 0) is 24.3 Å². The number of nitrogens with zero attached hydrogens (tertiary/aromatic N) is 4. The lowest BCUT2D eigenvalue weighted by Gasteiger charge is -2.36. The number of rotatable bonds is 2. The second-order valence-corrected chi connectivity index (χ2v) is 5.34. The van der Waals surface area contributed by atoms with E-state index in [0.29, 0.717) is 32.0 Å². The van der Waals surface area contributed by atoms with Gasteiger partial charge >= 0.3 is 6.18 Å². The van der Waals surface area contributed by atoms with Crippen LogP contribution >= 0.6 is 0 Å². The van der Waals surface area contributed by atoms with Crippen LogP contribution in [-0.4, -0.2) is 36.4 Å². The van der Waals surface area contributed by atoms with E-state index in [0.717, 1.165) is 24.3 Å². The summed E-state index contributed by atoms with van der Waals surface area (Å²) in [6, 6.07) is 5.38. The van der Waals surface area contributed by atoms with Crippen LogP contribution in [0.25, 0.3) is 0 Å². The molecule has 3 rings (SSSR count). The van der Waals surface area contributed by atoms with Gasteiger partial charge < -0.3 is 9.80 Å². The van der Waals surface area contributed by atoms with Crippen LogP contribution in [0, 0.1) is 11.6 Å². The summed E-state index contributed by atoms with van der Waals surface area (Å²) in [5, 5.41) is 6.79. The Morgan fingerprint density at radius 1 is 0.833 bits per heavy atom. The molecule has 1 aliphatic heterocycles. The molecule has 1 aliphatic rings. The molecule has 0 atom stereocenters. The highest BCUT2D eigenvalue weighted by molar-refractivity contribution is 5.50. The molecule has 2 aromatic rings. The van der Waals surface area contributed by atoms with Crippen molar-refractivity contribution in [3.63, 3.8) is 0 Å². The average Bonchev–Trinajstić information content (AvgIpc) is 2.57. The lowest BCUT2D eigenvalue weighted by Crippen LogP contribution is -2.47. The van der Waals surface area contributed by atoms with E-state index in [2.05, 4.69) is 10.2 Å². The van der Waals surface area contributed by atoms with Crippen molar-refractivity contribution in [1.29, 1.82) is 0 Å². The summed E-state index contributed by atoms with van der Waals surface area (Å²) in [6.45, 7) is 1.61. The SMILES string of the molecule is Fc1ccc(F)c(N2CCN(c3ccc(C(F)(F)F)nn3)CC2)c1. The second kappa shape index (κ2) is 6.21. The Bertz CT molecular complexity index is 709. The van der Waals surface area contributed by atoms with E-state index < -0.39 is 23.5 Å². The topological polar surface area (TPSA) is 32.3 Å². The third-order valence-corrected chi connectivity index (χ3v) is 3.79. The molecule has 1 fully saturated rings. The molecule has 0 radical (unpaired) electrons. The highest BCUT2D eigenvalue weighted by Crippen LogP contribution is 2.28. The second-order valence-electron chi connectivity index (χ2n) is 5.34. The van der Waals surface area contributed by atoms with Crippen molar-refractivity contribution in [3.8, 4) is 0 Å². The summed E-state index contributed by atoms with van der Waals surface area (Å²) < 4.78 is 64.5. The number of piperazine rings is 1. The molecular weight excluding hydrogens is 331 g/mol. The summed E-state index contributed by atoms with van der Waals surface area (Å²) in [5.41, 5.74) is -0.875. The van der Waals surface area contributed by atoms with Crippen molar-refractivity contribution in [2.24, 2.45) is 0 Å². The number of anilines is 2. The molecule has 2 heterocycles. The van der Waals surface area contributed by atoms with Crippen molar-refractivity contribution in [2.75, 3.05) is 36.0 Å². The Hall–Kier alpha value is -2.45. The molecule has 0 unspecified atom stereocenters. The van der Waals surface area contributed by atoms with Crippen molar-refractivity contribution in [2.45, 2.75) is 6.18 Å². The molecule has 1 saturated heterocycles. The van der Waals surface area contributed by atoms with Gasteiger partial charge in [0.05, 0.1) is 5.69 Å². The van der Waals surface area contributed by atoms with Crippen molar-refractivity contribution in [1.82, 2.24) is 10.2 Å². The lowest BCUT2D eigenvalue weighted by molar-refractivity contribution is -0.141. The van der Waals surface area contributed by atoms with Crippen molar-refractivity contribution < 1.29 is 22.0 Å². The van der Waals surface area contributed by atoms with E-state index in [1.54, 1.807) is 9.80 Å². The normalized spacial score (nSPS) is 15.7. The molecule has 0 N–H and O–H groups in total. The van der Waals surface area contributed by atoms with Crippen LogP contribution < -0.4 is 9.80 Å². The van der Waals surface area contributed by atoms with Gasteiger partial charge in [0.1, 0.15) is 11.6 Å². The number of aromatic nitrogens is 2. The van der Waals surface area contributed by atoms with E-state index in [4.69, 9.17) is 0 Å². The van der Waals surface area contributed by atoms with Gasteiger partial charge in [-0.15, -0.1) is 10.2 Å². The summed E-state index contributed by atoms with van der Waals surface area (Å²) in [7, 11) is 0. The molecule has 0 bridgehead atoms. The van der Waals surface area contributed by atoms with E-state index in [9.17, 15) is 22.0 Å². The highest BCUT2D eigenvalue weighted by atomic mass is 19.4. The van der Waals surface area contributed by atoms with E-state index >= 15 is 0 Å². The van der Waals surface area contributed by atoms with Gasteiger partial charge in [-0.1, -0.05) is 0 Å². The van der Waals surface area contributed by atoms with Gasteiger partial charge in [0, 0.05) is 32.2 Å². The molecule has 1 aromatic carbocycles. The number of hydrogen-bond acceptors (Lipinski definition) is 4. The maximum atomic E-state index is 13.8.